The number of hydrogen-bond acceptors (Lipinski definition) is 4. The summed E-state index contributed by atoms with van der Waals surface area (Å²) in [6, 6.07) is 0.663. The standard InChI is InChI=1S/C14H27NO2S/c1-4-12(15-2)6-5-9-18-11-14(7-8-14)10-13(16)17-3/h12,15H,4-11H2,1-3H3. The van der Waals surface area contributed by atoms with E-state index in [2.05, 4.69) is 12.2 Å². The Morgan fingerprint density at radius 3 is 2.72 bits per heavy atom. The number of esters is 1. The molecule has 1 N–H and O–H groups in total. The molecule has 0 aromatic rings. The van der Waals surface area contributed by atoms with Crippen LogP contribution in [0.4, 0.5) is 0 Å². The highest BCUT2D eigenvalue weighted by molar-refractivity contribution is 7.99. The minimum Gasteiger partial charge on any atom is -0.469 e. The van der Waals surface area contributed by atoms with Gasteiger partial charge in [-0.1, -0.05) is 6.92 Å². The molecule has 1 atom stereocenters. The highest BCUT2D eigenvalue weighted by atomic mass is 32.2. The Morgan fingerprint density at radius 2 is 2.22 bits per heavy atom. The molecule has 1 rings (SSSR count). The van der Waals surface area contributed by atoms with Crippen molar-refractivity contribution in [1.82, 2.24) is 5.32 Å². The molecule has 106 valence electrons. The highest BCUT2D eigenvalue weighted by Crippen LogP contribution is 2.51. The van der Waals surface area contributed by atoms with Gasteiger partial charge in [-0.3, -0.25) is 4.79 Å². The maximum absolute atomic E-state index is 11.3. The molecule has 0 aromatic carbocycles. The molecule has 1 fully saturated rings. The average molecular weight is 273 g/mol. The van der Waals surface area contributed by atoms with Crippen molar-refractivity contribution in [3.8, 4) is 0 Å². The van der Waals surface area contributed by atoms with E-state index in [0.29, 0.717) is 12.5 Å². The highest BCUT2D eigenvalue weighted by Gasteiger charge is 2.44. The third kappa shape index (κ3) is 5.61. The number of hydrogen-bond donors (Lipinski definition) is 1. The molecule has 4 heteroatoms. The lowest BCUT2D eigenvalue weighted by atomic mass is 10.1. The van der Waals surface area contributed by atoms with Crippen molar-refractivity contribution in [2.45, 2.75) is 51.5 Å². The van der Waals surface area contributed by atoms with Crippen molar-refractivity contribution >= 4 is 17.7 Å². The van der Waals surface area contributed by atoms with Crippen LogP contribution in [0.3, 0.4) is 0 Å². The van der Waals surface area contributed by atoms with Crippen molar-refractivity contribution in [1.29, 1.82) is 0 Å². The van der Waals surface area contributed by atoms with E-state index >= 15 is 0 Å². The molecule has 0 heterocycles. The Bertz CT molecular complexity index is 250. The van der Waals surface area contributed by atoms with Crippen LogP contribution in [0.15, 0.2) is 0 Å². The van der Waals surface area contributed by atoms with Gasteiger partial charge < -0.3 is 10.1 Å². The van der Waals surface area contributed by atoms with Crippen LogP contribution >= 0.6 is 11.8 Å². The van der Waals surface area contributed by atoms with Crippen LogP contribution in [0.2, 0.25) is 0 Å². The minimum atomic E-state index is -0.0469. The van der Waals surface area contributed by atoms with E-state index in [1.54, 1.807) is 0 Å². The molecule has 1 unspecified atom stereocenters. The molecule has 0 spiro atoms. The van der Waals surface area contributed by atoms with Gasteiger partial charge in [-0.05, 0) is 56.1 Å². The first-order valence-corrected chi connectivity index (χ1v) is 8.13. The molecule has 1 aliphatic rings. The summed E-state index contributed by atoms with van der Waals surface area (Å²) in [6.45, 7) is 2.23. The Labute approximate surface area is 115 Å². The van der Waals surface area contributed by atoms with Gasteiger partial charge in [0, 0.05) is 6.04 Å². The summed E-state index contributed by atoms with van der Waals surface area (Å²) in [5.74, 6) is 2.29. The fraction of sp³-hybridized carbons (Fsp3) is 0.929. The molecule has 1 aliphatic carbocycles. The van der Waals surface area contributed by atoms with Crippen LogP contribution in [0.25, 0.3) is 0 Å². The van der Waals surface area contributed by atoms with Gasteiger partial charge >= 0.3 is 5.97 Å². The lowest BCUT2D eigenvalue weighted by Crippen LogP contribution is -2.24. The summed E-state index contributed by atoms with van der Waals surface area (Å²) in [5, 5.41) is 3.33. The van der Waals surface area contributed by atoms with Crippen molar-refractivity contribution < 1.29 is 9.53 Å². The first kappa shape index (κ1) is 15.8. The summed E-state index contributed by atoms with van der Waals surface area (Å²) >= 11 is 2.00. The molecule has 0 radical (unpaired) electrons. The van der Waals surface area contributed by atoms with Gasteiger partial charge in [0.1, 0.15) is 0 Å². The Kier molecular flexibility index (Phi) is 7.08. The number of carbonyl (C=O) groups is 1. The summed E-state index contributed by atoms with van der Waals surface area (Å²) in [5.41, 5.74) is 0.283. The van der Waals surface area contributed by atoms with Crippen molar-refractivity contribution in [2.24, 2.45) is 5.41 Å². The van der Waals surface area contributed by atoms with Crippen LogP contribution in [-0.4, -0.2) is 37.7 Å². The van der Waals surface area contributed by atoms with Gasteiger partial charge in [0.15, 0.2) is 0 Å². The van der Waals surface area contributed by atoms with Crippen LogP contribution in [0, 0.1) is 5.41 Å². The minimum absolute atomic E-state index is 0.0469. The van der Waals surface area contributed by atoms with E-state index in [1.807, 2.05) is 18.8 Å². The number of nitrogens with one attached hydrogen (secondary N) is 1. The summed E-state index contributed by atoms with van der Waals surface area (Å²) < 4.78 is 4.76. The monoisotopic (exact) mass is 273 g/mol. The third-order valence-electron chi connectivity index (χ3n) is 3.85. The second-order valence-corrected chi connectivity index (χ2v) is 6.45. The first-order chi connectivity index (χ1) is 8.65. The molecule has 0 aliphatic heterocycles. The largest absolute Gasteiger partial charge is 0.469 e. The zero-order valence-corrected chi connectivity index (χ0v) is 12.8. The SMILES string of the molecule is CCC(CCCSCC1(CC(=O)OC)CC1)NC. The molecule has 0 amide bonds. The molecule has 18 heavy (non-hydrogen) atoms. The van der Waals surface area contributed by atoms with E-state index in [4.69, 9.17) is 4.74 Å². The molecule has 3 nitrogen and oxygen atoms in total. The fourth-order valence-corrected chi connectivity index (χ4v) is 3.54. The molecular weight excluding hydrogens is 246 g/mol. The van der Waals surface area contributed by atoms with E-state index in [1.165, 1.54) is 45.0 Å². The Morgan fingerprint density at radius 1 is 1.50 bits per heavy atom. The first-order valence-electron chi connectivity index (χ1n) is 6.97. The fourth-order valence-electron chi connectivity index (χ4n) is 2.20. The van der Waals surface area contributed by atoms with Gasteiger partial charge in [0.25, 0.3) is 0 Å². The molecule has 0 saturated heterocycles. The van der Waals surface area contributed by atoms with Gasteiger partial charge in [0.2, 0.25) is 0 Å². The second kappa shape index (κ2) is 8.05. The number of carbonyl (C=O) groups excluding carboxylic acids is 1. The average Bonchev–Trinajstić information content (AvgIpc) is 3.13. The van der Waals surface area contributed by atoms with Gasteiger partial charge in [-0.25, -0.2) is 0 Å². The molecule has 0 aromatic heterocycles. The second-order valence-electron chi connectivity index (χ2n) is 5.34. The third-order valence-corrected chi connectivity index (χ3v) is 5.25. The van der Waals surface area contributed by atoms with Gasteiger partial charge in [0.05, 0.1) is 13.5 Å². The van der Waals surface area contributed by atoms with E-state index in [-0.39, 0.29) is 11.4 Å². The number of thioether (sulfide) groups is 1. The zero-order chi connectivity index (χ0) is 13.4. The smallest absolute Gasteiger partial charge is 0.306 e. The lowest BCUT2D eigenvalue weighted by molar-refractivity contribution is -0.141. The van der Waals surface area contributed by atoms with Crippen LogP contribution in [0.5, 0.6) is 0 Å². The number of ether oxygens (including phenoxy) is 1. The van der Waals surface area contributed by atoms with Crippen molar-refractivity contribution in [3.63, 3.8) is 0 Å². The van der Waals surface area contributed by atoms with Crippen molar-refractivity contribution in [2.75, 3.05) is 25.7 Å². The van der Waals surface area contributed by atoms with E-state index < -0.39 is 0 Å². The maximum Gasteiger partial charge on any atom is 0.306 e. The number of methoxy groups -OCH3 is 1. The zero-order valence-electron chi connectivity index (χ0n) is 12.0. The van der Waals surface area contributed by atoms with Gasteiger partial charge in [-0.15, -0.1) is 0 Å². The Hall–Kier alpha value is -0.220. The predicted octanol–water partition coefficient (Wildman–Crippen LogP) is 2.84. The summed E-state index contributed by atoms with van der Waals surface area (Å²) in [6.07, 6.45) is 6.73. The van der Waals surface area contributed by atoms with E-state index in [9.17, 15) is 4.79 Å². The quantitative estimate of drug-likeness (QED) is 0.491. The van der Waals surface area contributed by atoms with Gasteiger partial charge in [-0.2, -0.15) is 11.8 Å². The topological polar surface area (TPSA) is 38.3 Å². The maximum atomic E-state index is 11.3. The summed E-state index contributed by atoms with van der Waals surface area (Å²) in [7, 11) is 3.52. The molecular formula is C14H27NO2S. The van der Waals surface area contributed by atoms with E-state index in [0.717, 1.165) is 5.75 Å². The van der Waals surface area contributed by atoms with Crippen molar-refractivity contribution in [3.05, 3.63) is 0 Å². The Balaban J connectivity index is 2.05. The number of rotatable bonds is 10. The molecule has 0 bridgehead atoms. The normalized spacial score (nSPS) is 18.4. The lowest BCUT2D eigenvalue weighted by Gasteiger charge is -2.15. The summed E-state index contributed by atoms with van der Waals surface area (Å²) in [4.78, 5) is 11.3. The van der Waals surface area contributed by atoms with Crippen LogP contribution < -0.4 is 5.32 Å². The van der Waals surface area contributed by atoms with Crippen LogP contribution in [0.1, 0.15) is 45.4 Å². The van der Waals surface area contributed by atoms with Crippen LogP contribution in [-0.2, 0) is 9.53 Å². The predicted molar refractivity (Wildman–Crippen MR) is 78.0 cm³/mol. The molecule has 1 saturated carbocycles.